The summed E-state index contributed by atoms with van der Waals surface area (Å²) >= 11 is 0. The number of ether oxygens (including phenoxy) is 1. The lowest BCUT2D eigenvalue weighted by Crippen LogP contribution is -2.23. The molecule has 21 heavy (non-hydrogen) atoms. The third kappa shape index (κ3) is 2.86. The molecule has 0 saturated heterocycles. The van der Waals surface area contributed by atoms with E-state index in [4.69, 9.17) is 10.5 Å². The average Bonchev–Trinajstić information content (AvgIpc) is 2.54. The fourth-order valence-electron chi connectivity index (χ4n) is 2.84. The van der Waals surface area contributed by atoms with Gasteiger partial charge in [-0.2, -0.15) is 0 Å². The third-order valence-corrected chi connectivity index (χ3v) is 3.85. The summed E-state index contributed by atoms with van der Waals surface area (Å²) in [6.07, 6.45) is 8.11. The summed E-state index contributed by atoms with van der Waals surface area (Å²) in [5, 5.41) is 0. The molecule has 1 aromatic carbocycles. The molecular weight excluding hydrogens is 264 g/mol. The van der Waals surface area contributed by atoms with E-state index in [1.54, 1.807) is 13.4 Å². The van der Waals surface area contributed by atoms with E-state index in [0.717, 1.165) is 24.8 Å². The number of fused-ring (bicyclic) bond motifs is 1. The molecule has 0 bridgehead atoms. The molecule has 2 N–H and O–H groups in total. The van der Waals surface area contributed by atoms with Crippen LogP contribution in [0.15, 0.2) is 41.9 Å². The molecule has 1 aliphatic rings. The standard InChI is InChI=1S/C16H18N4O/c1-21-16(17)20-13-5-6-15-11(7-13)3-2-4-14(15)12-8-18-10-19-9-12/h2-4,8-10,13H,5-7H2,1H3,(H2,17,20). The molecule has 0 aliphatic heterocycles. The van der Waals surface area contributed by atoms with Crippen LogP contribution in [-0.2, 0) is 17.6 Å². The molecule has 1 atom stereocenters. The normalized spacial score (nSPS) is 18.1. The number of aromatic nitrogens is 2. The molecule has 1 aromatic heterocycles. The van der Waals surface area contributed by atoms with Gasteiger partial charge < -0.3 is 10.5 Å². The van der Waals surface area contributed by atoms with E-state index in [-0.39, 0.29) is 12.1 Å². The summed E-state index contributed by atoms with van der Waals surface area (Å²) in [4.78, 5) is 12.6. The van der Waals surface area contributed by atoms with Crippen LogP contribution in [0, 0.1) is 0 Å². The van der Waals surface area contributed by atoms with Gasteiger partial charge >= 0.3 is 0 Å². The molecule has 1 heterocycles. The summed E-state index contributed by atoms with van der Waals surface area (Å²) in [5.74, 6) is 0. The van der Waals surface area contributed by atoms with Gasteiger partial charge in [0.15, 0.2) is 0 Å². The maximum Gasteiger partial charge on any atom is 0.281 e. The van der Waals surface area contributed by atoms with Crippen LogP contribution >= 0.6 is 0 Å². The number of hydrogen-bond donors (Lipinski definition) is 1. The van der Waals surface area contributed by atoms with Crippen LogP contribution in [0.4, 0.5) is 0 Å². The van der Waals surface area contributed by atoms with Gasteiger partial charge in [-0.3, -0.25) is 0 Å². The van der Waals surface area contributed by atoms with Crippen LogP contribution in [0.2, 0.25) is 0 Å². The first kappa shape index (κ1) is 13.5. The van der Waals surface area contributed by atoms with Gasteiger partial charge in [0.05, 0.1) is 13.2 Å². The molecule has 3 rings (SSSR count). The average molecular weight is 282 g/mol. The Hall–Kier alpha value is -2.43. The summed E-state index contributed by atoms with van der Waals surface area (Å²) in [7, 11) is 1.54. The summed E-state index contributed by atoms with van der Waals surface area (Å²) in [6, 6.07) is 6.82. The highest BCUT2D eigenvalue weighted by molar-refractivity contribution is 5.71. The van der Waals surface area contributed by atoms with Crippen LogP contribution in [0.1, 0.15) is 17.5 Å². The largest absolute Gasteiger partial charge is 0.469 e. The highest BCUT2D eigenvalue weighted by Gasteiger charge is 2.21. The second-order valence-electron chi connectivity index (χ2n) is 5.14. The van der Waals surface area contributed by atoms with Crippen molar-refractivity contribution >= 4 is 6.02 Å². The van der Waals surface area contributed by atoms with Crippen molar-refractivity contribution in [3.05, 3.63) is 48.0 Å². The predicted molar refractivity (Wildman–Crippen MR) is 81.9 cm³/mol. The van der Waals surface area contributed by atoms with Gasteiger partial charge in [0.25, 0.3) is 6.02 Å². The Morgan fingerprint density at radius 2 is 2.14 bits per heavy atom. The zero-order valence-electron chi connectivity index (χ0n) is 12.0. The van der Waals surface area contributed by atoms with Gasteiger partial charge in [0.1, 0.15) is 6.33 Å². The van der Waals surface area contributed by atoms with Crippen LogP contribution < -0.4 is 5.73 Å². The number of aliphatic imine (C=N–C) groups is 1. The topological polar surface area (TPSA) is 73.4 Å². The van der Waals surface area contributed by atoms with Gasteiger partial charge in [-0.1, -0.05) is 18.2 Å². The number of benzene rings is 1. The molecular formula is C16H18N4O. The molecule has 0 saturated carbocycles. The lowest BCUT2D eigenvalue weighted by atomic mass is 9.84. The van der Waals surface area contributed by atoms with Crippen molar-refractivity contribution in [2.75, 3.05) is 7.11 Å². The molecule has 0 radical (unpaired) electrons. The minimum absolute atomic E-state index is 0.194. The quantitative estimate of drug-likeness (QED) is 0.675. The first-order chi connectivity index (χ1) is 10.3. The molecule has 5 heteroatoms. The Kier molecular flexibility index (Phi) is 3.81. The van der Waals surface area contributed by atoms with E-state index in [0.29, 0.717) is 0 Å². The minimum Gasteiger partial charge on any atom is -0.469 e. The van der Waals surface area contributed by atoms with E-state index in [1.165, 1.54) is 16.7 Å². The molecule has 1 aliphatic carbocycles. The van der Waals surface area contributed by atoms with Crippen molar-refractivity contribution in [1.82, 2.24) is 9.97 Å². The van der Waals surface area contributed by atoms with E-state index in [1.807, 2.05) is 12.4 Å². The lowest BCUT2D eigenvalue weighted by Gasteiger charge is -2.24. The van der Waals surface area contributed by atoms with Crippen molar-refractivity contribution < 1.29 is 4.74 Å². The second kappa shape index (κ2) is 5.91. The highest BCUT2D eigenvalue weighted by atomic mass is 16.5. The van der Waals surface area contributed by atoms with Crippen LogP contribution in [0.5, 0.6) is 0 Å². The van der Waals surface area contributed by atoms with Gasteiger partial charge in [0, 0.05) is 18.0 Å². The zero-order chi connectivity index (χ0) is 14.7. The molecule has 108 valence electrons. The molecule has 0 fully saturated rings. The number of methoxy groups -OCH3 is 1. The Labute approximate surface area is 123 Å². The summed E-state index contributed by atoms with van der Waals surface area (Å²) in [5.41, 5.74) is 10.6. The van der Waals surface area contributed by atoms with Crippen molar-refractivity contribution in [2.45, 2.75) is 25.3 Å². The summed E-state index contributed by atoms with van der Waals surface area (Å²) in [6.45, 7) is 0. The second-order valence-corrected chi connectivity index (χ2v) is 5.14. The van der Waals surface area contributed by atoms with Gasteiger partial charge in [-0.05, 0) is 36.0 Å². The third-order valence-electron chi connectivity index (χ3n) is 3.85. The van der Waals surface area contributed by atoms with Crippen molar-refractivity contribution in [3.63, 3.8) is 0 Å². The van der Waals surface area contributed by atoms with Crippen LogP contribution in [0.3, 0.4) is 0 Å². The number of nitrogens with zero attached hydrogens (tertiary/aromatic N) is 3. The van der Waals surface area contributed by atoms with Gasteiger partial charge in [0.2, 0.25) is 0 Å². The Morgan fingerprint density at radius 3 is 2.90 bits per heavy atom. The number of hydrogen-bond acceptors (Lipinski definition) is 4. The zero-order valence-corrected chi connectivity index (χ0v) is 12.0. The van der Waals surface area contributed by atoms with Crippen LogP contribution in [-0.4, -0.2) is 29.1 Å². The fraction of sp³-hybridized carbons (Fsp3) is 0.312. The first-order valence-electron chi connectivity index (χ1n) is 7.01. The predicted octanol–water partition coefficient (Wildman–Crippen LogP) is 1.96. The van der Waals surface area contributed by atoms with Crippen molar-refractivity contribution in [2.24, 2.45) is 10.7 Å². The maximum absolute atomic E-state index is 5.66. The smallest absolute Gasteiger partial charge is 0.281 e. The van der Waals surface area contributed by atoms with Crippen LogP contribution in [0.25, 0.3) is 11.1 Å². The van der Waals surface area contributed by atoms with E-state index >= 15 is 0 Å². The highest BCUT2D eigenvalue weighted by Crippen LogP contribution is 2.31. The van der Waals surface area contributed by atoms with Gasteiger partial charge in [-0.15, -0.1) is 0 Å². The first-order valence-corrected chi connectivity index (χ1v) is 7.01. The molecule has 5 nitrogen and oxygen atoms in total. The van der Waals surface area contributed by atoms with Crippen molar-refractivity contribution in [3.8, 4) is 11.1 Å². The van der Waals surface area contributed by atoms with E-state index in [9.17, 15) is 0 Å². The van der Waals surface area contributed by atoms with Gasteiger partial charge in [-0.25, -0.2) is 15.0 Å². The number of amidine groups is 1. The number of nitrogens with two attached hydrogens (primary N) is 1. The Bertz CT molecular complexity index is 655. The molecule has 2 aromatic rings. The minimum atomic E-state index is 0.194. The monoisotopic (exact) mass is 282 g/mol. The lowest BCUT2D eigenvalue weighted by molar-refractivity contribution is 0.388. The molecule has 1 unspecified atom stereocenters. The SMILES string of the molecule is COC(N)=NC1CCc2c(cccc2-c2cncnc2)C1. The molecule has 0 amide bonds. The molecule has 0 spiro atoms. The number of rotatable bonds is 2. The van der Waals surface area contributed by atoms with E-state index < -0.39 is 0 Å². The maximum atomic E-state index is 5.66. The van der Waals surface area contributed by atoms with E-state index in [2.05, 4.69) is 33.2 Å². The summed E-state index contributed by atoms with van der Waals surface area (Å²) < 4.78 is 4.95. The fourth-order valence-corrected chi connectivity index (χ4v) is 2.84. The van der Waals surface area contributed by atoms with Crippen molar-refractivity contribution in [1.29, 1.82) is 0 Å². The Morgan fingerprint density at radius 1 is 1.33 bits per heavy atom. The Balaban J connectivity index is 1.92.